The predicted octanol–water partition coefficient (Wildman–Crippen LogP) is 3.81. The van der Waals surface area contributed by atoms with Crippen LogP contribution in [0.4, 0.5) is 0 Å². The Labute approximate surface area is 132 Å². The van der Waals surface area contributed by atoms with E-state index in [0.29, 0.717) is 12.0 Å². The molecule has 114 valence electrons. The second-order valence-corrected chi connectivity index (χ2v) is 8.73. The van der Waals surface area contributed by atoms with Gasteiger partial charge in [-0.05, 0) is 30.2 Å². The fraction of sp³-hybridized carbons (Fsp3) is 0.263. The summed E-state index contributed by atoms with van der Waals surface area (Å²) in [7, 11) is -2.81. The number of rotatable bonds is 5. The Morgan fingerprint density at radius 1 is 1.00 bits per heavy atom. The van der Waals surface area contributed by atoms with Crippen molar-refractivity contribution in [2.75, 3.05) is 0 Å². The summed E-state index contributed by atoms with van der Waals surface area (Å²) in [5, 5.41) is 1.80. The molecular formula is C19H22NOP. The molecule has 1 aliphatic heterocycles. The Morgan fingerprint density at radius 3 is 1.77 bits per heavy atom. The number of nitrogens with zero attached hydrogens (tertiary/aromatic N) is 1. The molecule has 0 radical (unpaired) electrons. The molecule has 0 bridgehead atoms. The van der Waals surface area contributed by atoms with E-state index in [4.69, 9.17) is 0 Å². The van der Waals surface area contributed by atoms with Crippen molar-refractivity contribution in [3.05, 3.63) is 73.3 Å². The van der Waals surface area contributed by atoms with Crippen molar-refractivity contribution < 1.29 is 4.57 Å². The molecule has 1 unspecified atom stereocenters. The van der Waals surface area contributed by atoms with Gasteiger partial charge in [0.15, 0.2) is 0 Å². The normalized spacial score (nSPS) is 24.2. The van der Waals surface area contributed by atoms with Crippen molar-refractivity contribution in [3.8, 4) is 0 Å². The van der Waals surface area contributed by atoms with E-state index in [1.807, 2.05) is 66.7 Å². The van der Waals surface area contributed by atoms with Gasteiger partial charge < -0.3 is 0 Å². The minimum Gasteiger partial charge on any atom is -0.296 e. The monoisotopic (exact) mass is 311 g/mol. The molecule has 0 saturated carbocycles. The third-order valence-electron chi connectivity index (χ3n) is 4.33. The second-order valence-electron chi connectivity index (χ2n) is 6.09. The SMILES string of the molecule is C=C[C@@H]1[C@H](C(C)C)N1P(=O)(c1ccccc1)c1ccccc1. The molecule has 2 aromatic rings. The van der Waals surface area contributed by atoms with Gasteiger partial charge in [0.25, 0.3) is 0 Å². The Bertz CT molecular complexity index is 652. The van der Waals surface area contributed by atoms with Gasteiger partial charge >= 0.3 is 0 Å². The molecule has 0 aliphatic carbocycles. The topological polar surface area (TPSA) is 20.1 Å². The Kier molecular flexibility index (Phi) is 4.08. The van der Waals surface area contributed by atoms with E-state index in [1.54, 1.807) is 0 Å². The quantitative estimate of drug-likeness (QED) is 0.475. The molecule has 0 amide bonds. The Morgan fingerprint density at radius 2 is 1.45 bits per heavy atom. The molecule has 0 N–H and O–H groups in total. The van der Waals surface area contributed by atoms with Crippen molar-refractivity contribution in [3.63, 3.8) is 0 Å². The van der Waals surface area contributed by atoms with Gasteiger partial charge in [-0.15, -0.1) is 6.58 Å². The van der Waals surface area contributed by atoms with Crippen LogP contribution in [0.15, 0.2) is 73.3 Å². The number of hydrogen-bond acceptors (Lipinski definition) is 1. The number of hydrogen-bond donors (Lipinski definition) is 0. The van der Waals surface area contributed by atoms with Crippen LogP contribution in [-0.4, -0.2) is 16.8 Å². The first kappa shape index (κ1) is 15.3. The van der Waals surface area contributed by atoms with Crippen LogP contribution in [0, 0.1) is 5.92 Å². The first-order valence-corrected chi connectivity index (χ1v) is 9.39. The summed E-state index contributed by atoms with van der Waals surface area (Å²) in [4.78, 5) is 0. The number of benzene rings is 2. The van der Waals surface area contributed by atoms with Crippen LogP contribution in [0.25, 0.3) is 0 Å². The first-order chi connectivity index (χ1) is 10.6. The highest BCUT2D eigenvalue weighted by molar-refractivity contribution is 7.76. The molecule has 1 aliphatic rings. The zero-order valence-corrected chi connectivity index (χ0v) is 14.0. The van der Waals surface area contributed by atoms with E-state index in [-0.39, 0.29) is 6.04 Å². The van der Waals surface area contributed by atoms with E-state index in [9.17, 15) is 4.57 Å². The Hall–Kier alpha value is -1.63. The van der Waals surface area contributed by atoms with Gasteiger partial charge in [0.1, 0.15) is 0 Å². The molecule has 0 spiro atoms. The van der Waals surface area contributed by atoms with Crippen molar-refractivity contribution >= 4 is 17.9 Å². The van der Waals surface area contributed by atoms with Crippen molar-refractivity contribution in [2.45, 2.75) is 25.9 Å². The molecule has 0 aromatic heterocycles. The van der Waals surface area contributed by atoms with Gasteiger partial charge in [-0.2, -0.15) is 0 Å². The first-order valence-electron chi connectivity index (χ1n) is 7.73. The summed E-state index contributed by atoms with van der Waals surface area (Å²) in [6.07, 6.45) is 1.93. The molecule has 2 nitrogen and oxygen atoms in total. The lowest BCUT2D eigenvalue weighted by molar-refractivity contribution is 0.527. The highest BCUT2D eigenvalue weighted by Gasteiger charge is 2.57. The van der Waals surface area contributed by atoms with E-state index in [2.05, 4.69) is 25.1 Å². The smallest absolute Gasteiger partial charge is 0.208 e. The molecule has 3 heteroatoms. The van der Waals surface area contributed by atoms with Crippen LogP contribution in [-0.2, 0) is 4.57 Å². The second kappa shape index (κ2) is 5.87. The van der Waals surface area contributed by atoms with Gasteiger partial charge in [-0.1, -0.05) is 56.3 Å². The van der Waals surface area contributed by atoms with Crippen LogP contribution in [0.3, 0.4) is 0 Å². The van der Waals surface area contributed by atoms with Crippen LogP contribution >= 0.6 is 7.29 Å². The fourth-order valence-electron chi connectivity index (χ4n) is 3.25. The molecule has 1 fully saturated rings. The van der Waals surface area contributed by atoms with Crippen LogP contribution in [0.1, 0.15) is 13.8 Å². The summed E-state index contributed by atoms with van der Waals surface area (Å²) < 4.78 is 16.3. The van der Waals surface area contributed by atoms with E-state index in [0.717, 1.165) is 10.6 Å². The summed E-state index contributed by atoms with van der Waals surface area (Å²) in [5.74, 6) is 0.448. The molecule has 1 saturated heterocycles. The van der Waals surface area contributed by atoms with Gasteiger partial charge in [-0.3, -0.25) is 4.57 Å². The summed E-state index contributed by atoms with van der Waals surface area (Å²) in [5.41, 5.74) is 0. The average molecular weight is 311 g/mol. The maximum absolute atomic E-state index is 14.1. The maximum Gasteiger partial charge on any atom is 0.208 e. The van der Waals surface area contributed by atoms with Gasteiger partial charge in [0.2, 0.25) is 7.29 Å². The maximum atomic E-state index is 14.1. The van der Waals surface area contributed by atoms with Crippen molar-refractivity contribution in [1.82, 2.24) is 4.67 Å². The van der Waals surface area contributed by atoms with Crippen molar-refractivity contribution in [1.29, 1.82) is 0 Å². The molecule has 22 heavy (non-hydrogen) atoms. The van der Waals surface area contributed by atoms with E-state index in [1.165, 1.54) is 0 Å². The van der Waals surface area contributed by atoms with Crippen LogP contribution < -0.4 is 10.6 Å². The standard InChI is InChI=1S/C19H22NOP/c1-4-18-19(15(2)3)20(18)22(21,16-11-7-5-8-12-16)17-13-9-6-10-14-17/h4-15,18-19H,1H2,2-3H3/t18-,19+,20?/m1/s1. The van der Waals surface area contributed by atoms with Gasteiger partial charge in [0.05, 0.1) is 6.04 Å². The minimum absolute atomic E-state index is 0.186. The molecule has 2 aromatic carbocycles. The largest absolute Gasteiger partial charge is 0.296 e. The third-order valence-corrected chi connectivity index (χ3v) is 7.51. The van der Waals surface area contributed by atoms with E-state index >= 15 is 0 Å². The minimum atomic E-state index is -2.81. The van der Waals surface area contributed by atoms with Crippen LogP contribution in [0.2, 0.25) is 0 Å². The highest BCUT2D eigenvalue weighted by atomic mass is 31.2. The molecule has 1 heterocycles. The zero-order chi connectivity index (χ0) is 15.7. The average Bonchev–Trinajstić information content (AvgIpc) is 3.31. The summed E-state index contributed by atoms with van der Waals surface area (Å²) >= 11 is 0. The summed E-state index contributed by atoms with van der Waals surface area (Å²) in [6.45, 7) is 8.31. The van der Waals surface area contributed by atoms with E-state index < -0.39 is 7.29 Å². The Balaban J connectivity index is 2.14. The van der Waals surface area contributed by atoms with Gasteiger partial charge in [-0.25, -0.2) is 4.67 Å². The molecular weight excluding hydrogens is 289 g/mol. The highest BCUT2D eigenvalue weighted by Crippen LogP contribution is 2.60. The lowest BCUT2D eigenvalue weighted by atomic mass is 10.1. The van der Waals surface area contributed by atoms with Crippen molar-refractivity contribution in [2.24, 2.45) is 5.92 Å². The zero-order valence-electron chi connectivity index (χ0n) is 13.1. The van der Waals surface area contributed by atoms with Gasteiger partial charge in [0, 0.05) is 16.7 Å². The summed E-state index contributed by atoms with van der Waals surface area (Å²) in [6, 6.07) is 20.2. The van der Waals surface area contributed by atoms with Crippen LogP contribution in [0.5, 0.6) is 0 Å². The predicted molar refractivity (Wildman–Crippen MR) is 94.2 cm³/mol. The third kappa shape index (κ3) is 2.37. The lowest BCUT2D eigenvalue weighted by Crippen LogP contribution is -2.23. The lowest BCUT2D eigenvalue weighted by Gasteiger charge is -2.22. The molecule has 3 atom stereocenters. The fourth-order valence-corrected chi connectivity index (χ4v) is 6.56. The molecule has 3 rings (SSSR count).